The highest BCUT2D eigenvalue weighted by Crippen LogP contribution is 2.31. The Morgan fingerprint density at radius 3 is 2.84 bits per heavy atom. The van der Waals surface area contributed by atoms with E-state index in [4.69, 9.17) is 11.6 Å². The summed E-state index contributed by atoms with van der Waals surface area (Å²) in [5.41, 5.74) is 0.938. The second kappa shape index (κ2) is 5.81. The topological polar surface area (TPSA) is 64.0 Å². The van der Waals surface area contributed by atoms with Gasteiger partial charge in [-0.05, 0) is 25.3 Å². The van der Waals surface area contributed by atoms with Gasteiger partial charge in [-0.1, -0.05) is 18.5 Å². The molecule has 19 heavy (non-hydrogen) atoms. The maximum atomic E-state index is 11.5. The maximum absolute atomic E-state index is 11.5. The Morgan fingerprint density at radius 1 is 1.63 bits per heavy atom. The molecular formula is C12H20ClN3O2S. The van der Waals surface area contributed by atoms with E-state index in [0.29, 0.717) is 16.5 Å². The summed E-state index contributed by atoms with van der Waals surface area (Å²) in [6.45, 7) is 2.84. The number of hydrogen-bond donors (Lipinski definition) is 1. The van der Waals surface area contributed by atoms with E-state index < -0.39 is 9.84 Å². The van der Waals surface area contributed by atoms with Crippen LogP contribution < -0.4 is 5.32 Å². The molecule has 1 aromatic rings. The average molecular weight is 306 g/mol. The number of halogens is 1. The molecule has 7 heteroatoms. The lowest BCUT2D eigenvalue weighted by Gasteiger charge is -2.21. The van der Waals surface area contributed by atoms with Crippen molar-refractivity contribution in [1.29, 1.82) is 0 Å². The zero-order valence-corrected chi connectivity index (χ0v) is 12.8. The second-order valence-corrected chi connectivity index (χ2v) is 7.75. The summed E-state index contributed by atoms with van der Waals surface area (Å²) in [6, 6.07) is 0.0586. The molecule has 2 unspecified atom stereocenters. The lowest BCUT2D eigenvalue weighted by molar-refractivity contribution is 0.404. The SMILES string of the molecule is CCNC(CC1CCS(=O)(=O)C1)c1c(Cl)cnn1C. The van der Waals surface area contributed by atoms with Crippen molar-refractivity contribution in [3.8, 4) is 0 Å². The molecule has 2 heterocycles. The smallest absolute Gasteiger partial charge is 0.150 e. The predicted molar refractivity (Wildman–Crippen MR) is 76.0 cm³/mol. The van der Waals surface area contributed by atoms with E-state index in [-0.39, 0.29) is 12.0 Å². The van der Waals surface area contributed by atoms with E-state index in [9.17, 15) is 8.42 Å². The molecule has 0 spiro atoms. The molecule has 0 radical (unpaired) electrons. The van der Waals surface area contributed by atoms with E-state index in [1.807, 2.05) is 14.0 Å². The Bertz CT molecular complexity index is 522. The zero-order chi connectivity index (χ0) is 14.0. The van der Waals surface area contributed by atoms with Gasteiger partial charge < -0.3 is 5.32 Å². The van der Waals surface area contributed by atoms with E-state index in [2.05, 4.69) is 10.4 Å². The van der Waals surface area contributed by atoms with E-state index in [0.717, 1.165) is 25.1 Å². The highest BCUT2D eigenvalue weighted by molar-refractivity contribution is 7.91. The molecule has 0 aliphatic carbocycles. The number of aromatic nitrogens is 2. The summed E-state index contributed by atoms with van der Waals surface area (Å²) < 4.78 is 24.8. The molecule has 5 nitrogen and oxygen atoms in total. The van der Waals surface area contributed by atoms with Crippen molar-refractivity contribution in [2.45, 2.75) is 25.8 Å². The standard InChI is InChI=1S/C12H20ClN3O2S/c1-3-14-11(12-10(13)7-15-16(12)2)6-9-4-5-19(17,18)8-9/h7,9,11,14H,3-6,8H2,1-2H3. The van der Waals surface area contributed by atoms with Crippen LogP contribution in [0.25, 0.3) is 0 Å². The van der Waals surface area contributed by atoms with Gasteiger partial charge in [0.05, 0.1) is 34.5 Å². The van der Waals surface area contributed by atoms with Crippen LogP contribution in [0.15, 0.2) is 6.20 Å². The minimum absolute atomic E-state index is 0.0586. The molecule has 108 valence electrons. The fourth-order valence-corrected chi connectivity index (χ4v) is 4.92. The normalized spacial score (nSPS) is 23.6. The minimum atomic E-state index is -2.83. The van der Waals surface area contributed by atoms with Gasteiger partial charge in [-0.2, -0.15) is 5.10 Å². The highest BCUT2D eigenvalue weighted by atomic mass is 35.5. The number of nitrogens with zero attached hydrogens (tertiary/aromatic N) is 2. The Labute approximate surface area is 119 Å². The molecule has 2 atom stereocenters. The van der Waals surface area contributed by atoms with Gasteiger partial charge in [0.1, 0.15) is 0 Å². The molecule has 1 aliphatic rings. The van der Waals surface area contributed by atoms with Crippen molar-refractivity contribution in [3.63, 3.8) is 0 Å². The minimum Gasteiger partial charge on any atom is -0.309 e. The van der Waals surface area contributed by atoms with Crippen LogP contribution in [0.3, 0.4) is 0 Å². The van der Waals surface area contributed by atoms with Gasteiger partial charge in [-0.15, -0.1) is 0 Å². The quantitative estimate of drug-likeness (QED) is 0.896. The zero-order valence-electron chi connectivity index (χ0n) is 11.3. The molecule has 1 aliphatic heterocycles. The Balaban J connectivity index is 2.13. The molecule has 1 saturated heterocycles. The van der Waals surface area contributed by atoms with Gasteiger partial charge in [-0.25, -0.2) is 8.42 Å². The van der Waals surface area contributed by atoms with Crippen LogP contribution in [-0.2, 0) is 16.9 Å². The van der Waals surface area contributed by atoms with Gasteiger partial charge in [0.15, 0.2) is 9.84 Å². The molecule has 2 rings (SSSR count). The van der Waals surface area contributed by atoms with Crippen LogP contribution in [0.2, 0.25) is 5.02 Å². The van der Waals surface area contributed by atoms with Gasteiger partial charge >= 0.3 is 0 Å². The fourth-order valence-electron chi connectivity index (χ4n) is 2.74. The van der Waals surface area contributed by atoms with Crippen molar-refractivity contribution < 1.29 is 8.42 Å². The Kier molecular flexibility index (Phi) is 4.53. The maximum Gasteiger partial charge on any atom is 0.150 e. The Hall–Kier alpha value is -0.590. The molecular weight excluding hydrogens is 286 g/mol. The van der Waals surface area contributed by atoms with Crippen molar-refractivity contribution in [3.05, 3.63) is 16.9 Å². The lowest BCUT2D eigenvalue weighted by atomic mass is 9.97. The molecule has 0 amide bonds. The van der Waals surface area contributed by atoms with Crippen LogP contribution >= 0.6 is 11.6 Å². The molecule has 1 N–H and O–H groups in total. The fraction of sp³-hybridized carbons (Fsp3) is 0.750. The van der Waals surface area contributed by atoms with E-state index >= 15 is 0 Å². The number of sulfone groups is 1. The molecule has 1 aromatic heterocycles. The largest absolute Gasteiger partial charge is 0.309 e. The first-order valence-corrected chi connectivity index (χ1v) is 8.74. The van der Waals surface area contributed by atoms with Gasteiger partial charge in [0, 0.05) is 7.05 Å². The number of hydrogen-bond acceptors (Lipinski definition) is 4. The van der Waals surface area contributed by atoms with Crippen molar-refractivity contribution >= 4 is 21.4 Å². The van der Waals surface area contributed by atoms with Crippen LogP contribution in [0.5, 0.6) is 0 Å². The molecule has 0 aromatic carbocycles. The van der Waals surface area contributed by atoms with Gasteiger partial charge in [0.2, 0.25) is 0 Å². The summed E-state index contributed by atoms with van der Waals surface area (Å²) in [5, 5.41) is 8.16. The highest BCUT2D eigenvalue weighted by Gasteiger charge is 2.31. The van der Waals surface area contributed by atoms with Crippen LogP contribution in [0, 0.1) is 5.92 Å². The van der Waals surface area contributed by atoms with Gasteiger partial charge in [0.25, 0.3) is 0 Å². The predicted octanol–water partition coefficient (Wildman–Crippen LogP) is 1.55. The number of nitrogens with one attached hydrogen (secondary N) is 1. The van der Waals surface area contributed by atoms with Crippen molar-refractivity contribution in [1.82, 2.24) is 15.1 Å². The van der Waals surface area contributed by atoms with Crippen LogP contribution in [-0.4, -0.2) is 36.2 Å². The molecule has 0 bridgehead atoms. The number of aryl methyl sites for hydroxylation is 1. The van der Waals surface area contributed by atoms with Crippen LogP contribution in [0.4, 0.5) is 0 Å². The summed E-state index contributed by atoms with van der Waals surface area (Å²) in [4.78, 5) is 0. The summed E-state index contributed by atoms with van der Waals surface area (Å²) in [6.07, 6.45) is 3.17. The summed E-state index contributed by atoms with van der Waals surface area (Å²) in [5.74, 6) is 0.819. The summed E-state index contributed by atoms with van der Waals surface area (Å²) in [7, 11) is -0.970. The van der Waals surface area contributed by atoms with Crippen LogP contribution in [0.1, 0.15) is 31.5 Å². The molecule has 0 saturated carbocycles. The second-order valence-electron chi connectivity index (χ2n) is 5.12. The van der Waals surface area contributed by atoms with E-state index in [1.165, 1.54) is 0 Å². The first-order chi connectivity index (χ1) is 8.93. The average Bonchev–Trinajstić information content (AvgIpc) is 2.82. The third-order valence-corrected chi connectivity index (χ3v) is 5.74. The first kappa shape index (κ1) is 14.8. The van der Waals surface area contributed by atoms with Crippen molar-refractivity contribution in [2.75, 3.05) is 18.1 Å². The summed E-state index contributed by atoms with van der Waals surface area (Å²) >= 11 is 6.18. The van der Waals surface area contributed by atoms with Crippen molar-refractivity contribution in [2.24, 2.45) is 13.0 Å². The third kappa shape index (κ3) is 3.49. The first-order valence-electron chi connectivity index (χ1n) is 6.54. The third-order valence-electron chi connectivity index (χ3n) is 3.61. The van der Waals surface area contributed by atoms with Gasteiger partial charge in [-0.3, -0.25) is 4.68 Å². The number of rotatable bonds is 5. The Morgan fingerprint density at radius 2 is 2.37 bits per heavy atom. The van der Waals surface area contributed by atoms with E-state index in [1.54, 1.807) is 10.9 Å². The monoisotopic (exact) mass is 305 g/mol. The lowest BCUT2D eigenvalue weighted by Crippen LogP contribution is -2.26. The molecule has 1 fully saturated rings.